The van der Waals surface area contributed by atoms with Gasteiger partial charge in [-0.3, -0.25) is 0 Å². The maximum Gasteiger partial charge on any atom is 0.122 e. The van der Waals surface area contributed by atoms with Gasteiger partial charge in [0.2, 0.25) is 0 Å². The van der Waals surface area contributed by atoms with Crippen molar-refractivity contribution in [3.05, 3.63) is 59.2 Å². The maximum atomic E-state index is 5.42. The maximum absolute atomic E-state index is 5.42. The lowest BCUT2D eigenvalue weighted by Gasteiger charge is -2.13. The van der Waals surface area contributed by atoms with Crippen LogP contribution in [0.25, 0.3) is 0 Å². The lowest BCUT2D eigenvalue weighted by atomic mass is 10.1. The summed E-state index contributed by atoms with van der Waals surface area (Å²) in [5.41, 5.74) is 5.07. The van der Waals surface area contributed by atoms with Crippen molar-refractivity contribution in [3.8, 4) is 5.75 Å². The van der Waals surface area contributed by atoms with E-state index >= 15 is 0 Å². The highest BCUT2D eigenvalue weighted by Gasteiger charge is 2.03. The first kappa shape index (κ1) is 16.4. The molecule has 0 fully saturated rings. The summed E-state index contributed by atoms with van der Waals surface area (Å²) < 4.78 is 5.42. The number of nitrogens with zero attached hydrogens (tertiary/aromatic N) is 1. The molecule has 0 heterocycles. The molecule has 3 heteroatoms. The van der Waals surface area contributed by atoms with Gasteiger partial charge in [-0.05, 0) is 49.2 Å². The summed E-state index contributed by atoms with van der Waals surface area (Å²) in [7, 11) is 5.85. The van der Waals surface area contributed by atoms with Crippen LogP contribution in [-0.2, 0) is 13.0 Å². The quantitative estimate of drug-likeness (QED) is 0.793. The van der Waals surface area contributed by atoms with E-state index in [9.17, 15) is 0 Å². The Morgan fingerprint density at radius 3 is 2.41 bits per heavy atom. The van der Waals surface area contributed by atoms with Gasteiger partial charge < -0.3 is 15.0 Å². The Bertz CT molecular complexity index is 591. The number of ether oxygens (including phenoxy) is 1. The molecule has 0 saturated heterocycles. The molecule has 0 atom stereocenters. The van der Waals surface area contributed by atoms with E-state index in [-0.39, 0.29) is 0 Å². The van der Waals surface area contributed by atoms with Crippen molar-refractivity contribution in [1.29, 1.82) is 0 Å². The second-order valence-corrected chi connectivity index (χ2v) is 5.80. The van der Waals surface area contributed by atoms with Gasteiger partial charge in [-0.1, -0.05) is 29.8 Å². The summed E-state index contributed by atoms with van der Waals surface area (Å²) in [6.07, 6.45) is 0.973. The number of methoxy groups -OCH3 is 1. The smallest absolute Gasteiger partial charge is 0.122 e. The molecule has 0 spiro atoms. The Morgan fingerprint density at radius 2 is 1.77 bits per heavy atom. The molecule has 0 aliphatic heterocycles. The standard InChI is InChI=1S/C19H26N2O/c1-15-5-10-19(22-4)17(13-15)11-12-20-14-16-6-8-18(9-7-16)21(2)3/h5-10,13,20H,11-12,14H2,1-4H3. The van der Waals surface area contributed by atoms with Gasteiger partial charge in [0.1, 0.15) is 5.75 Å². The predicted octanol–water partition coefficient (Wildman–Crippen LogP) is 3.40. The summed E-state index contributed by atoms with van der Waals surface area (Å²) in [4.78, 5) is 2.11. The highest BCUT2D eigenvalue weighted by Crippen LogP contribution is 2.19. The van der Waals surface area contributed by atoms with Gasteiger partial charge in [0, 0.05) is 26.3 Å². The largest absolute Gasteiger partial charge is 0.496 e. The molecule has 0 aliphatic carbocycles. The van der Waals surface area contributed by atoms with Gasteiger partial charge in [-0.25, -0.2) is 0 Å². The summed E-state index contributed by atoms with van der Waals surface area (Å²) in [6.45, 7) is 3.94. The Kier molecular flexibility index (Phi) is 5.84. The minimum Gasteiger partial charge on any atom is -0.496 e. The minimum atomic E-state index is 0.891. The first-order valence-electron chi connectivity index (χ1n) is 7.70. The summed E-state index contributed by atoms with van der Waals surface area (Å²) >= 11 is 0. The zero-order valence-corrected chi connectivity index (χ0v) is 14.0. The number of hydrogen-bond donors (Lipinski definition) is 1. The van der Waals surface area contributed by atoms with E-state index in [4.69, 9.17) is 4.74 Å². The van der Waals surface area contributed by atoms with Gasteiger partial charge in [0.05, 0.1) is 7.11 Å². The molecular weight excluding hydrogens is 272 g/mol. The third-order valence-corrected chi connectivity index (χ3v) is 3.79. The Balaban J connectivity index is 1.83. The third kappa shape index (κ3) is 4.50. The molecule has 2 rings (SSSR count). The molecule has 2 aromatic rings. The normalized spacial score (nSPS) is 10.5. The molecule has 1 N–H and O–H groups in total. The fraction of sp³-hybridized carbons (Fsp3) is 0.368. The number of rotatable bonds is 7. The van der Waals surface area contributed by atoms with Crippen molar-refractivity contribution in [2.75, 3.05) is 32.6 Å². The molecule has 0 amide bonds. The van der Waals surface area contributed by atoms with Gasteiger partial charge in [0.25, 0.3) is 0 Å². The first-order valence-corrected chi connectivity index (χ1v) is 7.70. The molecule has 0 aliphatic rings. The number of nitrogens with one attached hydrogen (secondary N) is 1. The molecule has 0 saturated carbocycles. The van der Waals surface area contributed by atoms with Crippen LogP contribution in [0.2, 0.25) is 0 Å². The van der Waals surface area contributed by atoms with Crippen molar-refractivity contribution < 1.29 is 4.74 Å². The summed E-state index contributed by atoms with van der Waals surface area (Å²) in [6, 6.07) is 15.0. The van der Waals surface area contributed by atoms with Crippen molar-refractivity contribution in [2.45, 2.75) is 19.9 Å². The van der Waals surface area contributed by atoms with E-state index in [0.717, 1.165) is 25.3 Å². The van der Waals surface area contributed by atoms with Crippen LogP contribution >= 0.6 is 0 Å². The zero-order valence-electron chi connectivity index (χ0n) is 14.0. The summed E-state index contributed by atoms with van der Waals surface area (Å²) in [5.74, 6) is 0.975. The van der Waals surface area contributed by atoms with E-state index in [0.29, 0.717) is 0 Å². The van der Waals surface area contributed by atoms with Crippen molar-refractivity contribution in [2.24, 2.45) is 0 Å². The highest BCUT2D eigenvalue weighted by atomic mass is 16.5. The number of benzene rings is 2. The van der Waals surface area contributed by atoms with Crippen LogP contribution in [0.3, 0.4) is 0 Å². The molecule has 22 heavy (non-hydrogen) atoms. The van der Waals surface area contributed by atoms with Gasteiger partial charge in [-0.2, -0.15) is 0 Å². The van der Waals surface area contributed by atoms with E-state index in [1.54, 1.807) is 7.11 Å². The van der Waals surface area contributed by atoms with E-state index in [1.807, 2.05) is 6.07 Å². The average Bonchev–Trinajstić information content (AvgIpc) is 2.52. The highest BCUT2D eigenvalue weighted by molar-refractivity contribution is 5.46. The fourth-order valence-corrected chi connectivity index (χ4v) is 2.47. The first-order chi connectivity index (χ1) is 10.6. The predicted molar refractivity (Wildman–Crippen MR) is 93.9 cm³/mol. The van der Waals surface area contributed by atoms with Crippen LogP contribution in [0.15, 0.2) is 42.5 Å². The summed E-state index contributed by atoms with van der Waals surface area (Å²) in [5, 5.41) is 3.50. The van der Waals surface area contributed by atoms with Crippen molar-refractivity contribution in [3.63, 3.8) is 0 Å². The molecular formula is C19H26N2O. The number of hydrogen-bond acceptors (Lipinski definition) is 3. The zero-order chi connectivity index (χ0) is 15.9. The Hall–Kier alpha value is -2.00. The molecule has 0 bridgehead atoms. The average molecular weight is 298 g/mol. The van der Waals surface area contributed by atoms with E-state index < -0.39 is 0 Å². The van der Waals surface area contributed by atoms with Gasteiger partial charge >= 0.3 is 0 Å². The van der Waals surface area contributed by atoms with Gasteiger partial charge in [0.15, 0.2) is 0 Å². The van der Waals surface area contributed by atoms with Crippen LogP contribution in [0.5, 0.6) is 5.75 Å². The number of aryl methyl sites for hydroxylation is 1. The van der Waals surface area contributed by atoms with Crippen LogP contribution in [-0.4, -0.2) is 27.7 Å². The second-order valence-electron chi connectivity index (χ2n) is 5.80. The van der Waals surface area contributed by atoms with Crippen molar-refractivity contribution >= 4 is 5.69 Å². The molecule has 0 radical (unpaired) electrons. The lowest BCUT2D eigenvalue weighted by molar-refractivity contribution is 0.409. The van der Waals surface area contributed by atoms with Crippen molar-refractivity contribution in [1.82, 2.24) is 5.32 Å². The number of anilines is 1. The third-order valence-electron chi connectivity index (χ3n) is 3.79. The van der Waals surface area contributed by atoms with Crippen LogP contribution in [0, 0.1) is 6.92 Å². The topological polar surface area (TPSA) is 24.5 Å². The molecule has 3 nitrogen and oxygen atoms in total. The lowest BCUT2D eigenvalue weighted by Crippen LogP contribution is -2.17. The Labute approximate surface area is 133 Å². The van der Waals surface area contributed by atoms with Crippen LogP contribution in [0.4, 0.5) is 5.69 Å². The monoisotopic (exact) mass is 298 g/mol. The molecule has 0 unspecified atom stereocenters. The van der Waals surface area contributed by atoms with Crippen LogP contribution in [0.1, 0.15) is 16.7 Å². The fourth-order valence-electron chi connectivity index (χ4n) is 2.47. The van der Waals surface area contributed by atoms with E-state index in [1.165, 1.54) is 22.4 Å². The van der Waals surface area contributed by atoms with E-state index in [2.05, 4.69) is 67.6 Å². The van der Waals surface area contributed by atoms with Crippen LogP contribution < -0.4 is 15.0 Å². The minimum absolute atomic E-state index is 0.891. The molecule has 0 aromatic heterocycles. The SMILES string of the molecule is COc1ccc(C)cc1CCNCc1ccc(N(C)C)cc1. The molecule has 2 aromatic carbocycles. The second kappa shape index (κ2) is 7.85. The molecule has 118 valence electrons. The Morgan fingerprint density at radius 1 is 1.05 bits per heavy atom. The van der Waals surface area contributed by atoms with Gasteiger partial charge in [-0.15, -0.1) is 0 Å².